The molecule has 5 rings (SSSR count). The van der Waals surface area contributed by atoms with Gasteiger partial charge in [0.15, 0.2) is 23.0 Å². The van der Waals surface area contributed by atoms with Crippen LogP contribution in [0.3, 0.4) is 0 Å². The van der Waals surface area contributed by atoms with Crippen LogP contribution in [0.1, 0.15) is 38.1 Å². The van der Waals surface area contributed by atoms with Gasteiger partial charge in [0.1, 0.15) is 25.9 Å². The Hall–Kier alpha value is -4.70. The highest BCUT2D eigenvalue weighted by molar-refractivity contribution is 7.10. The van der Waals surface area contributed by atoms with Crippen molar-refractivity contribution in [2.45, 2.75) is 19.6 Å². The molecule has 1 aliphatic heterocycles. The Balaban J connectivity index is 1.71. The van der Waals surface area contributed by atoms with Gasteiger partial charge in [-0.1, -0.05) is 49.1 Å². The van der Waals surface area contributed by atoms with Crippen molar-refractivity contribution in [2.24, 2.45) is 0 Å². The molecule has 1 amide bonds. The summed E-state index contributed by atoms with van der Waals surface area (Å²) < 4.78 is 43.0. The molecule has 0 radical (unpaired) electrons. The lowest BCUT2D eigenvalue weighted by Gasteiger charge is -2.43. The summed E-state index contributed by atoms with van der Waals surface area (Å²) in [4.78, 5) is 29.2. The third kappa shape index (κ3) is 5.58. The number of thiophene rings is 1. The summed E-state index contributed by atoms with van der Waals surface area (Å²) in [5.74, 6) is -2.99. The average molecular weight is 590 g/mol. The van der Waals surface area contributed by atoms with Crippen LogP contribution in [0.25, 0.3) is 0 Å². The van der Waals surface area contributed by atoms with E-state index in [0.717, 1.165) is 22.1 Å². The van der Waals surface area contributed by atoms with Crippen LogP contribution in [-0.2, 0) is 6.61 Å². The SMILES string of the molecule is C=CCOc1c(C(c2cc(C)cs2)N2CN(CC=C)C(=O)c3c(OCc4ccccc4)c(=O)ccn32)ccc(F)c1F. The number of nitrogens with zero attached hydrogens (tertiary/aromatic N) is 3. The van der Waals surface area contributed by atoms with Crippen molar-refractivity contribution in [3.05, 3.63) is 141 Å². The Kier molecular flexibility index (Phi) is 8.53. The number of aromatic nitrogens is 1. The molecule has 0 saturated heterocycles. The number of rotatable bonds is 11. The third-order valence-corrected chi connectivity index (χ3v) is 7.83. The van der Waals surface area contributed by atoms with Gasteiger partial charge >= 0.3 is 0 Å². The molecular formula is C32H29F2N3O4S. The second-order valence-electron chi connectivity index (χ2n) is 9.68. The maximum absolute atomic E-state index is 15.3. The molecule has 0 saturated carbocycles. The van der Waals surface area contributed by atoms with Crippen LogP contribution < -0.4 is 19.9 Å². The van der Waals surface area contributed by atoms with E-state index in [4.69, 9.17) is 9.47 Å². The highest BCUT2D eigenvalue weighted by Crippen LogP contribution is 2.40. The third-order valence-electron chi connectivity index (χ3n) is 6.73. The molecule has 216 valence electrons. The smallest absolute Gasteiger partial charge is 0.278 e. The van der Waals surface area contributed by atoms with Crippen molar-refractivity contribution in [2.75, 3.05) is 24.8 Å². The number of carbonyl (C=O) groups excluding carboxylic acids is 1. The van der Waals surface area contributed by atoms with E-state index in [-0.39, 0.29) is 43.6 Å². The quantitative estimate of drug-likeness (QED) is 0.202. The molecule has 0 aliphatic carbocycles. The van der Waals surface area contributed by atoms with E-state index in [1.165, 1.54) is 40.6 Å². The van der Waals surface area contributed by atoms with E-state index >= 15 is 4.39 Å². The minimum atomic E-state index is -1.13. The zero-order chi connectivity index (χ0) is 29.8. The standard InChI is InChI=1S/C32H29F2N3O4S/c1-4-14-35-20-37(36-15-13-25(38)31(29(36)32(35)39)41-18-22-9-7-6-8-10-22)28(26-17-21(3)19-42-26)23-11-12-24(33)27(34)30(23)40-16-5-2/h4-13,15,17,19,28H,1-2,14,16,18,20H2,3H3. The minimum Gasteiger partial charge on any atom is -0.486 e. The lowest BCUT2D eigenvalue weighted by Crippen LogP contribution is -2.55. The molecule has 7 nitrogen and oxygen atoms in total. The number of hydrogen-bond donors (Lipinski definition) is 0. The fourth-order valence-corrected chi connectivity index (χ4v) is 5.88. The van der Waals surface area contributed by atoms with Crippen LogP contribution >= 0.6 is 11.3 Å². The molecule has 0 spiro atoms. The average Bonchev–Trinajstić information content (AvgIpc) is 3.42. The van der Waals surface area contributed by atoms with Crippen LogP contribution in [0, 0.1) is 18.6 Å². The first kappa shape index (κ1) is 28.8. The van der Waals surface area contributed by atoms with Crippen molar-refractivity contribution in [1.29, 1.82) is 0 Å². The molecule has 0 N–H and O–H groups in total. The molecule has 0 bridgehead atoms. The molecule has 4 aromatic rings. The van der Waals surface area contributed by atoms with Crippen molar-refractivity contribution in [3.63, 3.8) is 0 Å². The number of aryl methyl sites for hydroxylation is 1. The van der Waals surface area contributed by atoms with Gasteiger partial charge in [-0.2, -0.15) is 4.39 Å². The first-order valence-electron chi connectivity index (χ1n) is 13.2. The predicted octanol–water partition coefficient (Wildman–Crippen LogP) is 5.97. The Bertz CT molecular complexity index is 1690. The molecule has 1 aliphatic rings. The minimum absolute atomic E-state index is 0.0148. The van der Waals surface area contributed by atoms with Gasteiger partial charge in [-0.15, -0.1) is 17.9 Å². The monoisotopic (exact) mass is 589 g/mol. The van der Waals surface area contributed by atoms with Gasteiger partial charge in [-0.3, -0.25) is 19.3 Å². The second-order valence-corrected chi connectivity index (χ2v) is 10.6. The van der Waals surface area contributed by atoms with Crippen molar-refractivity contribution in [1.82, 2.24) is 9.58 Å². The number of amides is 1. The van der Waals surface area contributed by atoms with Crippen LogP contribution in [0.15, 0.2) is 96.3 Å². The molecule has 10 heteroatoms. The first-order chi connectivity index (χ1) is 20.3. The topological polar surface area (TPSA) is 64.0 Å². The second kappa shape index (κ2) is 12.4. The van der Waals surface area contributed by atoms with Crippen LogP contribution in [0.2, 0.25) is 0 Å². The van der Waals surface area contributed by atoms with E-state index in [0.29, 0.717) is 5.56 Å². The maximum atomic E-state index is 15.3. The fourth-order valence-electron chi connectivity index (χ4n) is 4.86. The Morgan fingerprint density at radius 3 is 2.50 bits per heavy atom. The Labute approximate surface area is 246 Å². The van der Waals surface area contributed by atoms with Crippen LogP contribution in [-0.4, -0.2) is 35.3 Å². The van der Waals surface area contributed by atoms with Gasteiger partial charge in [0.2, 0.25) is 11.2 Å². The number of hydrogen-bond acceptors (Lipinski definition) is 6. The van der Waals surface area contributed by atoms with E-state index in [1.807, 2.05) is 48.7 Å². The number of halogens is 2. The summed E-state index contributed by atoms with van der Waals surface area (Å²) in [6.07, 6.45) is 4.52. The van der Waals surface area contributed by atoms with Crippen molar-refractivity contribution in [3.8, 4) is 11.5 Å². The molecule has 0 fully saturated rings. The Morgan fingerprint density at radius 2 is 1.81 bits per heavy atom. The van der Waals surface area contributed by atoms with Crippen molar-refractivity contribution >= 4 is 17.2 Å². The zero-order valence-electron chi connectivity index (χ0n) is 23.0. The van der Waals surface area contributed by atoms with E-state index in [9.17, 15) is 14.0 Å². The van der Waals surface area contributed by atoms with Gasteiger partial charge in [-0.25, -0.2) is 4.39 Å². The molecule has 42 heavy (non-hydrogen) atoms. The van der Waals surface area contributed by atoms with E-state index < -0.39 is 29.0 Å². The molecule has 2 aromatic heterocycles. The number of fused-ring (bicyclic) bond motifs is 1. The van der Waals surface area contributed by atoms with Crippen LogP contribution in [0.5, 0.6) is 11.5 Å². The van der Waals surface area contributed by atoms with Gasteiger partial charge in [0.25, 0.3) is 5.91 Å². The molecule has 1 atom stereocenters. The normalized spacial score (nSPS) is 13.5. The molecular weight excluding hydrogens is 560 g/mol. The Morgan fingerprint density at radius 1 is 1.02 bits per heavy atom. The summed E-state index contributed by atoms with van der Waals surface area (Å²) in [5, 5.41) is 3.75. The van der Waals surface area contributed by atoms with E-state index in [1.54, 1.807) is 15.8 Å². The van der Waals surface area contributed by atoms with E-state index in [2.05, 4.69) is 13.2 Å². The highest BCUT2D eigenvalue weighted by Gasteiger charge is 2.38. The number of pyridine rings is 1. The summed E-state index contributed by atoms with van der Waals surface area (Å²) >= 11 is 1.43. The van der Waals surface area contributed by atoms with Gasteiger partial charge in [0.05, 0.1) is 0 Å². The summed E-state index contributed by atoms with van der Waals surface area (Å²) in [7, 11) is 0. The van der Waals surface area contributed by atoms with Gasteiger partial charge in [0, 0.05) is 29.2 Å². The largest absolute Gasteiger partial charge is 0.486 e. The fraction of sp³-hybridized carbons (Fsp3) is 0.188. The van der Waals surface area contributed by atoms with Crippen LogP contribution in [0.4, 0.5) is 8.78 Å². The summed E-state index contributed by atoms with van der Waals surface area (Å²) in [5.41, 5.74) is 1.68. The van der Waals surface area contributed by atoms with Crippen molar-refractivity contribution < 1.29 is 23.0 Å². The van der Waals surface area contributed by atoms with Gasteiger partial charge < -0.3 is 14.4 Å². The lowest BCUT2D eigenvalue weighted by molar-refractivity contribution is 0.0698. The summed E-state index contributed by atoms with van der Waals surface area (Å²) in [6, 6.07) is 14.3. The van der Waals surface area contributed by atoms with Gasteiger partial charge in [-0.05, 0) is 41.6 Å². The maximum Gasteiger partial charge on any atom is 0.278 e. The molecule has 2 aromatic carbocycles. The number of carbonyl (C=O) groups is 1. The molecule has 1 unspecified atom stereocenters. The number of ether oxygens (including phenoxy) is 2. The highest BCUT2D eigenvalue weighted by atomic mass is 32.1. The zero-order valence-corrected chi connectivity index (χ0v) is 23.8. The lowest BCUT2D eigenvalue weighted by atomic mass is 10.0. The number of benzene rings is 2. The predicted molar refractivity (Wildman–Crippen MR) is 159 cm³/mol. The summed E-state index contributed by atoms with van der Waals surface area (Å²) in [6.45, 7) is 9.58. The molecule has 3 heterocycles. The first-order valence-corrected chi connectivity index (χ1v) is 14.1.